The Morgan fingerprint density at radius 3 is 2.57 bits per heavy atom. The van der Waals surface area contributed by atoms with Crippen molar-refractivity contribution in [1.29, 1.82) is 0 Å². The summed E-state index contributed by atoms with van der Waals surface area (Å²) in [6.07, 6.45) is 2.84. The first kappa shape index (κ1) is 33.9. The van der Waals surface area contributed by atoms with Gasteiger partial charge >= 0.3 is 0 Å². The van der Waals surface area contributed by atoms with Crippen molar-refractivity contribution in [3.8, 4) is 5.75 Å². The van der Waals surface area contributed by atoms with Crippen LogP contribution in [-0.2, 0) is 30.8 Å². The van der Waals surface area contributed by atoms with Crippen molar-refractivity contribution in [3.05, 3.63) is 102 Å². The second-order valence-electron chi connectivity index (χ2n) is 11.5. The van der Waals surface area contributed by atoms with E-state index >= 15 is 0 Å². The molecule has 1 aliphatic rings. The number of nitrogens with one attached hydrogen (secondary N) is 2. The van der Waals surface area contributed by atoms with Gasteiger partial charge in [-0.2, -0.15) is 4.31 Å². The van der Waals surface area contributed by atoms with Crippen LogP contribution in [0.3, 0.4) is 0 Å². The number of allylic oxidation sites excluding steroid dienone is 1. The van der Waals surface area contributed by atoms with E-state index in [1.54, 1.807) is 29.0 Å². The minimum Gasteiger partial charge on any atom is -0.497 e. The van der Waals surface area contributed by atoms with Crippen molar-refractivity contribution in [3.63, 3.8) is 0 Å². The van der Waals surface area contributed by atoms with Crippen molar-refractivity contribution in [1.82, 2.24) is 24.2 Å². The second-order valence-corrected chi connectivity index (χ2v) is 13.4. The molecule has 1 amide bonds. The van der Waals surface area contributed by atoms with Gasteiger partial charge in [-0.1, -0.05) is 30.3 Å². The summed E-state index contributed by atoms with van der Waals surface area (Å²) in [4.78, 5) is 33.7. The van der Waals surface area contributed by atoms with E-state index in [4.69, 9.17) is 14.2 Å². The zero-order chi connectivity index (χ0) is 34.5. The number of aromatic amines is 1. The maximum Gasteiger partial charge on any atom is 0.286 e. The summed E-state index contributed by atoms with van der Waals surface area (Å²) < 4.78 is 46.8. The first-order valence-corrected chi connectivity index (χ1v) is 17.2. The number of rotatable bonds is 13. The van der Waals surface area contributed by atoms with E-state index in [1.165, 1.54) is 26.2 Å². The predicted molar refractivity (Wildman–Crippen MR) is 181 cm³/mol. The summed E-state index contributed by atoms with van der Waals surface area (Å²) in [5, 5.41) is 13.4. The van der Waals surface area contributed by atoms with Crippen LogP contribution in [0, 0.1) is 0 Å². The standard InChI is InChI=1S/C35H37N5O8S/c1-23(42)40-22-28(27-7-3-6-10-31(27)40)24-19-32(35(43)36-21-33-37-29-8-4-5-9-30(29)38-33)48-34(20-24)47-18-16-39(15-17-41)49(44,45)26-13-11-25(46-2)12-14-26/h3-14,19,22,24,34,41H,15-18,20-21H2,1-2H3,(H,36,43)(H,37,38). The molecule has 5 aromatic rings. The topological polar surface area (TPSA) is 165 Å². The lowest BCUT2D eigenvalue weighted by molar-refractivity contribution is -0.146. The van der Waals surface area contributed by atoms with Gasteiger partial charge in [0.05, 0.1) is 48.3 Å². The van der Waals surface area contributed by atoms with Crippen molar-refractivity contribution >= 4 is 43.8 Å². The van der Waals surface area contributed by atoms with Gasteiger partial charge in [0.25, 0.3) is 5.91 Å². The molecule has 2 aromatic heterocycles. The second kappa shape index (κ2) is 14.6. The number of carbonyl (C=O) groups excluding carboxylic acids is 2. The Kier molecular flexibility index (Phi) is 10.1. The van der Waals surface area contributed by atoms with Crippen LogP contribution in [0.1, 0.15) is 35.4 Å². The molecule has 2 unspecified atom stereocenters. The molecule has 0 saturated carbocycles. The Labute approximate surface area is 283 Å². The lowest BCUT2D eigenvalue weighted by Gasteiger charge is -2.30. The summed E-state index contributed by atoms with van der Waals surface area (Å²) in [7, 11) is -2.48. The number of nitrogens with zero attached hydrogens (tertiary/aromatic N) is 3. The number of amides is 1. The number of hydrogen-bond donors (Lipinski definition) is 3. The number of ether oxygens (including phenoxy) is 3. The molecule has 0 radical (unpaired) electrons. The van der Waals surface area contributed by atoms with E-state index in [9.17, 15) is 23.1 Å². The summed E-state index contributed by atoms with van der Waals surface area (Å²) in [6, 6.07) is 21.0. The molecule has 0 bridgehead atoms. The lowest BCUT2D eigenvalue weighted by Crippen LogP contribution is -2.38. The van der Waals surface area contributed by atoms with Gasteiger partial charge in [-0.15, -0.1) is 0 Å². The van der Waals surface area contributed by atoms with Crippen molar-refractivity contribution in [2.24, 2.45) is 0 Å². The number of benzene rings is 3. The first-order chi connectivity index (χ1) is 23.7. The van der Waals surface area contributed by atoms with Crippen LogP contribution >= 0.6 is 0 Å². The molecule has 6 rings (SSSR count). The van der Waals surface area contributed by atoms with Gasteiger partial charge in [0, 0.05) is 43.9 Å². The molecular weight excluding hydrogens is 650 g/mol. The average molecular weight is 688 g/mol. The molecule has 49 heavy (non-hydrogen) atoms. The predicted octanol–water partition coefficient (Wildman–Crippen LogP) is 3.92. The van der Waals surface area contributed by atoms with Crippen LogP contribution in [0.5, 0.6) is 5.75 Å². The van der Waals surface area contributed by atoms with Crippen molar-refractivity contribution in [2.75, 3.05) is 33.4 Å². The molecule has 13 nitrogen and oxygen atoms in total. The molecule has 0 aliphatic carbocycles. The largest absolute Gasteiger partial charge is 0.497 e. The number of H-pyrrole nitrogens is 1. The van der Waals surface area contributed by atoms with E-state index in [-0.39, 0.29) is 55.1 Å². The molecule has 3 N–H and O–H groups in total. The zero-order valence-electron chi connectivity index (χ0n) is 27.0. The summed E-state index contributed by atoms with van der Waals surface area (Å²) >= 11 is 0. The first-order valence-electron chi connectivity index (χ1n) is 15.8. The highest BCUT2D eigenvalue weighted by Crippen LogP contribution is 2.36. The lowest BCUT2D eigenvalue weighted by atomic mass is 9.92. The van der Waals surface area contributed by atoms with Crippen LogP contribution in [0.15, 0.2) is 95.7 Å². The van der Waals surface area contributed by atoms with Gasteiger partial charge in [-0.3, -0.25) is 14.2 Å². The number of aliphatic hydroxyl groups is 1. The monoisotopic (exact) mass is 687 g/mol. The molecular formula is C35H37N5O8S. The Morgan fingerprint density at radius 2 is 1.84 bits per heavy atom. The van der Waals surface area contributed by atoms with E-state index < -0.39 is 28.8 Å². The number of carbonyl (C=O) groups is 2. The van der Waals surface area contributed by atoms with Gasteiger partial charge in [-0.25, -0.2) is 13.4 Å². The molecule has 3 aromatic carbocycles. The smallest absolute Gasteiger partial charge is 0.286 e. The average Bonchev–Trinajstić information content (AvgIpc) is 3.72. The maximum atomic E-state index is 13.5. The minimum absolute atomic E-state index is 0.0232. The molecule has 2 atom stereocenters. The number of fused-ring (bicyclic) bond motifs is 2. The number of para-hydroxylation sites is 3. The van der Waals surface area contributed by atoms with Gasteiger partial charge in [0.15, 0.2) is 5.76 Å². The SMILES string of the molecule is COc1ccc(S(=O)(=O)N(CCO)CCOC2CC(c3cn(C(C)=O)c4ccccc34)C=C(C(=O)NCc3nc4ccccc4[nH]3)O2)cc1. The zero-order valence-corrected chi connectivity index (χ0v) is 27.9. The highest BCUT2D eigenvalue weighted by Gasteiger charge is 2.32. The number of aliphatic hydroxyl groups excluding tert-OH is 1. The van der Waals surface area contributed by atoms with Gasteiger partial charge < -0.3 is 29.6 Å². The quantitative estimate of drug-likeness (QED) is 0.166. The number of imidazole rings is 1. The normalized spacial score (nSPS) is 16.4. The van der Waals surface area contributed by atoms with Crippen LogP contribution in [0.2, 0.25) is 0 Å². The fraction of sp³-hybridized carbons (Fsp3) is 0.286. The maximum absolute atomic E-state index is 13.5. The number of methoxy groups -OCH3 is 1. The Hall–Kier alpha value is -5.02. The van der Waals surface area contributed by atoms with Gasteiger partial charge in [-0.05, 0) is 54.1 Å². The molecule has 256 valence electrons. The van der Waals surface area contributed by atoms with Crippen molar-refractivity contribution in [2.45, 2.75) is 37.0 Å². The number of sulfonamides is 1. The molecule has 1 aliphatic heterocycles. The Balaban J connectivity index is 1.22. The Bertz CT molecular complexity index is 2070. The van der Waals surface area contributed by atoms with E-state index in [2.05, 4.69) is 15.3 Å². The fourth-order valence-corrected chi connectivity index (χ4v) is 7.30. The molecule has 0 fully saturated rings. The van der Waals surface area contributed by atoms with Gasteiger partial charge in [0.2, 0.25) is 22.2 Å². The molecule has 14 heteroatoms. The fourth-order valence-electron chi connectivity index (χ4n) is 5.88. The minimum atomic E-state index is -3.96. The third-order valence-electron chi connectivity index (χ3n) is 8.31. The number of hydrogen-bond acceptors (Lipinski definition) is 9. The summed E-state index contributed by atoms with van der Waals surface area (Å²) in [5.74, 6) is 0.0804. The molecule has 3 heterocycles. The van der Waals surface area contributed by atoms with Crippen LogP contribution < -0.4 is 10.1 Å². The van der Waals surface area contributed by atoms with Gasteiger partial charge in [0.1, 0.15) is 11.6 Å². The van der Waals surface area contributed by atoms with Crippen LogP contribution in [-0.4, -0.2) is 83.9 Å². The number of aromatic nitrogens is 3. The van der Waals surface area contributed by atoms with Crippen molar-refractivity contribution < 1.29 is 37.3 Å². The summed E-state index contributed by atoms with van der Waals surface area (Å²) in [6.45, 7) is 0.891. The van der Waals surface area contributed by atoms with Crippen LogP contribution in [0.4, 0.5) is 0 Å². The third-order valence-corrected chi connectivity index (χ3v) is 10.2. The highest BCUT2D eigenvalue weighted by molar-refractivity contribution is 7.89. The highest BCUT2D eigenvalue weighted by atomic mass is 32.2. The van der Waals surface area contributed by atoms with Crippen LogP contribution in [0.25, 0.3) is 21.9 Å². The van der Waals surface area contributed by atoms with E-state index in [1.807, 2.05) is 48.5 Å². The van der Waals surface area contributed by atoms with E-state index in [0.717, 1.165) is 31.8 Å². The molecule has 0 saturated heterocycles. The third kappa shape index (κ3) is 7.37. The summed E-state index contributed by atoms with van der Waals surface area (Å²) in [5.41, 5.74) is 3.18. The Morgan fingerprint density at radius 1 is 1.08 bits per heavy atom. The van der Waals surface area contributed by atoms with E-state index in [0.29, 0.717) is 11.6 Å². The molecule has 0 spiro atoms.